The topological polar surface area (TPSA) is 98.7 Å². The van der Waals surface area contributed by atoms with Gasteiger partial charge in [0.05, 0.1) is 5.56 Å². The Morgan fingerprint density at radius 2 is 1.78 bits per heavy atom. The third-order valence-corrected chi connectivity index (χ3v) is 4.34. The van der Waals surface area contributed by atoms with Crippen LogP contribution in [0.1, 0.15) is 34.3 Å². The van der Waals surface area contributed by atoms with Crippen LogP contribution in [-0.2, 0) is 17.6 Å². The van der Waals surface area contributed by atoms with E-state index in [2.05, 4.69) is 10.6 Å². The van der Waals surface area contributed by atoms with Crippen molar-refractivity contribution in [2.24, 2.45) is 0 Å². The van der Waals surface area contributed by atoms with Crippen LogP contribution in [0.25, 0.3) is 0 Å². The predicted octanol–water partition coefficient (Wildman–Crippen LogP) is 2.36. The lowest BCUT2D eigenvalue weighted by molar-refractivity contribution is -0.139. The zero-order valence-electron chi connectivity index (χ0n) is 15.4. The quantitative estimate of drug-likeness (QED) is 0.481. The van der Waals surface area contributed by atoms with E-state index in [1.54, 1.807) is 18.2 Å². The number of phenols is 1. The second kappa shape index (κ2) is 10.3. The summed E-state index contributed by atoms with van der Waals surface area (Å²) in [4.78, 5) is 23.9. The standard InChI is InChI=1S/C21H26N2O4/c1-22-12-6-5-9-16-10-11-17(19(24)14-16)20(25)23-18(21(26)27)13-15-7-3-2-4-8-15/h2-4,7-8,10-11,14,18,22,24H,5-6,9,12-13H2,1H3,(H,23,25)(H,26,27)/t18-/m0/s1. The van der Waals surface area contributed by atoms with Gasteiger partial charge in [-0.15, -0.1) is 0 Å². The van der Waals surface area contributed by atoms with Crippen molar-refractivity contribution < 1.29 is 19.8 Å². The number of benzene rings is 2. The number of phenolic OH excluding ortho intramolecular Hbond substituents is 1. The number of aromatic hydroxyl groups is 1. The third kappa shape index (κ3) is 6.42. The predicted molar refractivity (Wildman–Crippen MR) is 104 cm³/mol. The third-order valence-electron chi connectivity index (χ3n) is 4.34. The first-order chi connectivity index (χ1) is 13.0. The maximum atomic E-state index is 12.4. The molecule has 0 bridgehead atoms. The van der Waals surface area contributed by atoms with Gasteiger partial charge in [-0.3, -0.25) is 4.79 Å². The van der Waals surface area contributed by atoms with Crippen molar-refractivity contribution in [2.75, 3.05) is 13.6 Å². The average Bonchev–Trinajstić information content (AvgIpc) is 2.65. The van der Waals surface area contributed by atoms with Crippen molar-refractivity contribution in [3.63, 3.8) is 0 Å². The molecule has 6 nitrogen and oxygen atoms in total. The molecule has 2 rings (SSSR count). The minimum atomic E-state index is -1.12. The molecule has 144 valence electrons. The molecule has 0 aliphatic rings. The fraction of sp³-hybridized carbons (Fsp3) is 0.333. The van der Waals surface area contributed by atoms with Gasteiger partial charge in [-0.2, -0.15) is 0 Å². The highest BCUT2D eigenvalue weighted by atomic mass is 16.4. The van der Waals surface area contributed by atoms with Crippen molar-refractivity contribution in [1.29, 1.82) is 0 Å². The maximum Gasteiger partial charge on any atom is 0.326 e. The molecule has 0 aliphatic heterocycles. The maximum absolute atomic E-state index is 12.4. The van der Waals surface area contributed by atoms with Crippen molar-refractivity contribution in [1.82, 2.24) is 10.6 Å². The summed E-state index contributed by atoms with van der Waals surface area (Å²) in [5.74, 6) is -1.85. The number of aliphatic carboxylic acids is 1. The monoisotopic (exact) mass is 370 g/mol. The molecular formula is C21H26N2O4. The summed E-state index contributed by atoms with van der Waals surface area (Å²) in [5, 5.41) is 25.2. The average molecular weight is 370 g/mol. The van der Waals surface area contributed by atoms with Gasteiger partial charge in [0.2, 0.25) is 0 Å². The Morgan fingerprint density at radius 1 is 1.04 bits per heavy atom. The van der Waals surface area contributed by atoms with Crippen molar-refractivity contribution in [3.8, 4) is 5.75 Å². The van der Waals surface area contributed by atoms with Gasteiger partial charge >= 0.3 is 5.97 Å². The number of nitrogens with one attached hydrogen (secondary N) is 2. The zero-order valence-corrected chi connectivity index (χ0v) is 15.4. The van der Waals surface area contributed by atoms with Crippen LogP contribution in [0.3, 0.4) is 0 Å². The van der Waals surface area contributed by atoms with Crippen LogP contribution < -0.4 is 10.6 Å². The van der Waals surface area contributed by atoms with Crippen molar-refractivity contribution in [3.05, 3.63) is 65.2 Å². The van der Waals surface area contributed by atoms with Crippen molar-refractivity contribution in [2.45, 2.75) is 31.7 Å². The van der Waals surface area contributed by atoms with Crippen LogP contribution in [0.5, 0.6) is 5.75 Å². The molecule has 4 N–H and O–H groups in total. The summed E-state index contributed by atoms with van der Waals surface area (Å²) >= 11 is 0. The number of unbranched alkanes of at least 4 members (excludes halogenated alkanes) is 1. The molecule has 1 amide bonds. The summed E-state index contributed by atoms with van der Waals surface area (Å²) < 4.78 is 0. The molecule has 0 aromatic heterocycles. The zero-order chi connectivity index (χ0) is 19.6. The molecule has 0 fully saturated rings. The van der Waals surface area contributed by atoms with E-state index < -0.39 is 17.9 Å². The number of hydrogen-bond acceptors (Lipinski definition) is 4. The van der Waals surface area contributed by atoms with Crippen LogP contribution in [0.15, 0.2) is 48.5 Å². The molecule has 0 heterocycles. The largest absolute Gasteiger partial charge is 0.507 e. The highest BCUT2D eigenvalue weighted by Crippen LogP contribution is 2.20. The molecule has 0 saturated heterocycles. The Kier molecular flexibility index (Phi) is 7.82. The summed E-state index contributed by atoms with van der Waals surface area (Å²) in [7, 11) is 1.90. The van der Waals surface area contributed by atoms with E-state index in [1.807, 2.05) is 37.4 Å². The van der Waals surface area contributed by atoms with Gasteiger partial charge in [0, 0.05) is 6.42 Å². The normalized spacial score (nSPS) is 11.7. The fourth-order valence-corrected chi connectivity index (χ4v) is 2.84. The van der Waals surface area contributed by atoms with Crippen LogP contribution >= 0.6 is 0 Å². The van der Waals surface area contributed by atoms with Crippen molar-refractivity contribution >= 4 is 11.9 Å². The molecule has 0 unspecified atom stereocenters. The number of carbonyl (C=O) groups excluding carboxylic acids is 1. The molecule has 2 aromatic rings. The number of carbonyl (C=O) groups is 2. The summed E-state index contributed by atoms with van der Waals surface area (Å²) in [6.45, 7) is 0.935. The van der Waals surface area contributed by atoms with Gasteiger partial charge in [-0.25, -0.2) is 4.79 Å². The van der Waals surface area contributed by atoms with Gasteiger partial charge in [-0.05, 0) is 56.1 Å². The number of aryl methyl sites for hydroxylation is 1. The SMILES string of the molecule is CNCCCCc1ccc(C(=O)N[C@@H](Cc2ccccc2)C(=O)O)c(O)c1. The van der Waals surface area contributed by atoms with E-state index in [9.17, 15) is 19.8 Å². The lowest BCUT2D eigenvalue weighted by Gasteiger charge is -2.15. The van der Waals surface area contributed by atoms with E-state index in [0.717, 1.165) is 36.9 Å². The molecule has 27 heavy (non-hydrogen) atoms. The minimum absolute atomic E-state index is 0.0771. The van der Waals surface area contributed by atoms with E-state index in [-0.39, 0.29) is 17.7 Å². The van der Waals surface area contributed by atoms with Crippen LogP contribution in [0, 0.1) is 0 Å². The first-order valence-corrected chi connectivity index (χ1v) is 9.05. The number of carboxylic acids is 1. The van der Waals surface area contributed by atoms with E-state index in [4.69, 9.17) is 0 Å². The fourth-order valence-electron chi connectivity index (χ4n) is 2.84. The Labute approximate surface area is 159 Å². The van der Waals surface area contributed by atoms with Gasteiger partial charge in [0.25, 0.3) is 5.91 Å². The molecule has 0 radical (unpaired) electrons. The summed E-state index contributed by atoms with van der Waals surface area (Å²) in [6.07, 6.45) is 2.98. The lowest BCUT2D eigenvalue weighted by Crippen LogP contribution is -2.42. The van der Waals surface area contributed by atoms with Gasteiger partial charge in [0.15, 0.2) is 0 Å². The Hall–Kier alpha value is -2.86. The lowest BCUT2D eigenvalue weighted by atomic mass is 10.0. The number of carboxylic acid groups (broad SMARTS) is 1. The van der Waals surface area contributed by atoms with Gasteiger partial charge < -0.3 is 20.8 Å². The van der Waals surface area contributed by atoms with E-state index in [0.29, 0.717) is 0 Å². The first kappa shape index (κ1) is 20.5. The van der Waals surface area contributed by atoms with Crippen LogP contribution in [-0.4, -0.2) is 41.7 Å². The highest BCUT2D eigenvalue weighted by molar-refractivity contribution is 5.98. The Balaban J connectivity index is 2.01. The van der Waals surface area contributed by atoms with Crippen LogP contribution in [0.4, 0.5) is 0 Å². The smallest absolute Gasteiger partial charge is 0.326 e. The molecular weight excluding hydrogens is 344 g/mol. The second-order valence-corrected chi connectivity index (χ2v) is 6.47. The van der Waals surface area contributed by atoms with E-state index >= 15 is 0 Å². The van der Waals surface area contributed by atoms with Gasteiger partial charge in [0.1, 0.15) is 11.8 Å². The Bertz CT molecular complexity index is 762. The molecule has 2 aromatic carbocycles. The summed E-state index contributed by atoms with van der Waals surface area (Å²) in [5.41, 5.74) is 1.83. The summed E-state index contributed by atoms with van der Waals surface area (Å²) in [6, 6.07) is 12.9. The van der Waals surface area contributed by atoms with E-state index in [1.165, 1.54) is 0 Å². The second-order valence-electron chi connectivity index (χ2n) is 6.47. The number of amides is 1. The van der Waals surface area contributed by atoms with Crippen LogP contribution in [0.2, 0.25) is 0 Å². The molecule has 1 atom stereocenters. The number of hydrogen-bond donors (Lipinski definition) is 4. The molecule has 6 heteroatoms. The minimum Gasteiger partial charge on any atom is -0.507 e. The Morgan fingerprint density at radius 3 is 2.41 bits per heavy atom. The molecule has 0 spiro atoms. The molecule has 0 aliphatic carbocycles. The first-order valence-electron chi connectivity index (χ1n) is 9.05. The number of rotatable bonds is 10. The van der Waals surface area contributed by atoms with Gasteiger partial charge in [-0.1, -0.05) is 36.4 Å². The highest BCUT2D eigenvalue weighted by Gasteiger charge is 2.22. The molecule has 0 saturated carbocycles.